The topological polar surface area (TPSA) is 65.2 Å². The summed E-state index contributed by atoms with van der Waals surface area (Å²) >= 11 is 0. The molecule has 39 heavy (non-hydrogen) atoms. The standard InChI is InChI=1S/C34H28N2O2.Pt/c37-33-17-15-27(19-25-9-3-1-4-10-25)21-29(33)23-35-31-13-7-8-14-32(31)36-24-30-22-28(16-18-34(30)38)20-26-11-5-2-6-12-26;/h1-18,21-24,37-38H,19-20H2;. The number of phenolic OH excluding ortho intramolecular Hbond substituents is 2. The number of hydrogen-bond acceptors (Lipinski definition) is 4. The normalized spacial score (nSPS) is 11.1. The Kier molecular flexibility index (Phi) is 9.61. The number of rotatable bonds is 8. The van der Waals surface area contributed by atoms with Crippen molar-refractivity contribution in [1.82, 2.24) is 0 Å². The van der Waals surface area contributed by atoms with Crippen molar-refractivity contribution in [1.29, 1.82) is 0 Å². The second-order valence-electron chi connectivity index (χ2n) is 9.12. The number of phenols is 2. The first-order valence-electron chi connectivity index (χ1n) is 12.5. The first kappa shape index (κ1) is 27.8. The van der Waals surface area contributed by atoms with E-state index in [2.05, 4.69) is 34.3 Å². The molecule has 0 saturated heterocycles. The van der Waals surface area contributed by atoms with Gasteiger partial charge in [0.1, 0.15) is 11.5 Å². The molecular formula is C34H28N2O2Pt. The summed E-state index contributed by atoms with van der Waals surface area (Å²) in [6, 6.07) is 39.2. The predicted octanol–water partition coefficient (Wildman–Crippen LogP) is 7.78. The molecule has 5 rings (SSSR count). The van der Waals surface area contributed by atoms with Crippen LogP contribution >= 0.6 is 0 Å². The molecule has 0 unspecified atom stereocenters. The molecule has 0 aliphatic rings. The van der Waals surface area contributed by atoms with Gasteiger partial charge in [0.25, 0.3) is 0 Å². The molecule has 0 heterocycles. The molecule has 0 fully saturated rings. The molecule has 5 aromatic rings. The van der Waals surface area contributed by atoms with Crippen molar-refractivity contribution >= 4 is 23.8 Å². The average molecular weight is 692 g/mol. The van der Waals surface area contributed by atoms with Crippen LogP contribution in [0.5, 0.6) is 11.5 Å². The zero-order valence-electron chi connectivity index (χ0n) is 21.2. The van der Waals surface area contributed by atoms with Crippen molar-refractivity contribution in [3.63, 3.8) is 0 Å². The first-order valence-corrected chi connectivity index (χ1v) is 12.5. The van der Waals surface area contributed by atoms with Crippen molar-refractivity contribution in [2.24, 2.45) is 9.98 Å². The second kappa shape index (κ2) is 13.5. The fourth-order valence-corrected chi connectivity index (χ4v) is 4.26. The smallest absolute Gasteiger partial charge is 0.124 e. The van der Waals surface area contributed by atoms with Gasteiger partial charge < -0.3 is 10.2 Å². The van der Waals surface area contributed by atoms with E-state index in [1.54, 1.807) is 24.6 Å². The first-order chi connectivity index (χ1) is 18.6. The fourth-order valence-electron chi connectivity index (χ4n) is 4.26. The molecule has 0 radical (unpaired) electrons. The Morgan fingerprint density at radius 3 is 1.26 bits per heavy atom. The zero-order valence-corrected chi connectivity index (χ0v) is 23.5. The molecule has 0 atom stereocenters. The third-order valence-corrected chi connectivity index (χ3v) is 6.25. The molecule has 4 nitrogen and oxygen atoms in total. The monoisotopic (exact) mass is 691 g/mol. The molecule has 5 aromatic carbocycles. The molecule has 0 spiro atoms. The van der Waals surface area contributed by atoms with Crippen LogP contribution in [0.3, 0.4) is 0 Å². The summed E-state index contributed by atoms with van der Waals surface area (Å²) in [5, 5.41) is 20.8. The van der Waals surface area contributed by atoms with Crippen LogP contribution in [-0.2, 0) is 33.9 Å². The maximum atomic E-state index is 10.4. The Labute approximate surface area is 243 Å². The minimum atomic E-state index is 0. The molecule has 5 heteroatoms. The summed E-state index contributed by atoms with van der Waals surface area (Å²) < 4.78 is 0. The van der Waals surface area contributed by atoms with Crippen molar-refractivity contribution in [3.8, 4) is 11.5 Å². The van der Waals surface area contributed by atoms with E-state index in [1.807, 2.05) is 84.9 Å². The maximum absolute atomic E-state index is 10.4. The summed E-state index contributed by atoms with van der Waals surface area (Å²) in [5.74, 6) is 0.346. The molecular weight excluding hydrogens is 663 g/mol. The Balaban J connectivity index is 0.00000353. The predicted molar refractivity (Wildman–Crippen MR) is 156 cm³/mol. The van der Waals surface area contributed by atoms with Gasteiger partial charge in [-0.15, -0.1) is 0 Å². The zero-order chi connectivity index (χ0) is 26.2. The summed E-state index contributed by atoms with van der Waals surface area (Å²) in [6.07, 6.45) is 4.87. The van der Waals surface area contributed by atoms with E-state index in [-0.39, 0.29) is 32.6 Å². The van der Waals surface area contributed by atoms with E-state index in [9.17, 15) is 10.2 Å². The molecule has 0 bridgehead atoms. The van der Waals surface area contributed by atoms with Crippen molar-refractivity contribution < 1.29 is 31.3 Å². The third kappa shape index (κ3) is 7.63. The van der Waals surface area contributed by atoms with E-state index >= 15 is 0 Å². The van der Waals surface area contributed by atoms with Gasteiger partial charge in [0, 0.05) is 44.6 Å². The molecule has 0 aromatic heterocycles. The number of aromatic hydroxyl groups is 2. The van der Waals surface area contributed by atoms with Crippen molar-refractivity contribution in [2.45, 2.75) is 12.8 Å². The largest absolute Gasteiger partial charge is 0.507 e. The third-order valence-electron chi connectivity index (χ3n) is 6.25. The van der Waals surface area contributed by atoms with Crippen LogP contribution in [0.25, 0.3) is 0 Å². The van der Waals surface area contributed by atoms with E-state index in [0.29, 0.717) is 22.5 Å². The van der Waals surface area contributed by atoms with Crippen molar-refractivity contribution in [2.75, 3.05) is 0 Å². The Morgan fingerprint density at radius 2 is 0.846 bits per heavy atom. The molecule has 0 aliphatic carbocycles. The van der Waals surface area contributed by atoms with Gasteiger partial charge in [-0.25, -0.2) is 0 Å². The summed E-state index contributed by atoms with van der Waals surface area (Å²) in [6.45, 7) is 0. The van der Waals surface area contributed by atoms with Gasteiger partial charge in [0.2, 0.25) is 0 Å². The molecule has 0 saturated carbocycles. The molecule has 0 aliphatic heterocycles. The van der Waals surface area contributed by atoms with Crippen molar-refractivity contribution in [3.05, 3.63) is 155 Å². The minimum Gasteiger partial charge on any atom is -0.507 e. The number of nitrogens with zero attached hydrogens (tertiary/aromatic N) is 2. The summed E-state index contributed by atoms with van der Waals surface area (Å²) in [7, 11) is 0. The SMILES string of the molecule is Oc1ccc(Cc2ccccc2)cc1C=Nc1ccccc1N=Cc1cc(Cc2ccccc2)ccc1O.[Pt]. The van der Waals surface area contributed by atoms with Gasteiger partial charge in [-0.3, -0.25) is 9.98 Å². The van der Waals surface area contributed by atoms with Crippen LogP contribution in [0, 0.1) is 0 Å². The van der Waals surface area contributed by atoms with Gasteiger partial charge in [-0.2, -0.15) is 0 Å². The number of aliphatic imine (C=N–C) groups is 2. The second-order valence-corrected chi connectivity index (χ2v) is 9.12. The van der Waals surface area contributed by atoms with E-state index in [0.717, 1.165) is 24.0 Å². The molecule has 2 N–H and O–H groups in total. The Bertz CT molecular complexity index is 1460. The summed E-state index contributed by atoms with van der Waals surface area (Å²) in [5.41, 5.74) is 7.20. The summed E-state index contributed by atoms with van der Waals surface area (Å²) in [4.78, 5) is 9.26. The quantitative estimate of drug-likeness (QED) is 0.163. The van der Waals surface area contributed by atoms with Crippen LogP contribution < -0.4 is 0 Å². The van der Waals surface area contributed by atoms with Crippen LogP contribution in [0.4, 0.5) is 11.4 Å². The van der Waals surface area contributed by atoms with Gasteiger partial charge >= 0.3 is 0 Å². The number of benzene rings is 5. The van der Waals surface area contributed by atoms with E-state index in [4.69, 9.17) is 0 Å². The molecule has 0 amide bonds. The van der Waals surface area contributed by atoms with Gasteiger partial charge in [0.15, 0.2) is 0 Å². The van der Waals surface area contributed by atoms with Crippen LogP contribution in [0.2, 0.25) is 0 Å². The van der Waals surface area contributed by atoms with Gasteiger partial charge in [0.05, 0.1) is 11.4 Å². The van der Waals surface area contributed by atoms with E-state index < -0.39 is 0 Å². The number of hydrogen-bond donors (Lipinski definition) is 2. The van der Waals surface area contributed by atoms with Crippen LogP contribution in [0.1, 0.15) is 33.4 Å². The van der Waals surface area contributed by atoms with E-state index in [1.165, 1.54) is 11.1 Å². The van der Waals surface area contributed by atoms with Gasteiger partial charge in [-0.1, -0.05) is 84.9 Å². The average Bonchev–Trinajstić information content (AvgIpc) is 2.95. The van der Waals surface area contributed by atoms with Crippen LogP contribution in [-0.4, -0.2) is 22.6 Å². The Hall–Kier alpha value is -4.27. The van der Waals surface area contributed by atoms with Gasteiger partial charge in [-0.05, 0) is 71.5 Å². The fraction of sp³-hybridized carbons (Fsp3) is 0.0588. The maximum Gasteiger partial charge on any atom is 0.124 e. The molecule has 196 valence electrons. The van der Waals surface area contributed by atoms with Crippen LogP contribution in [0.15, 0.2) is 131 Å². The Morgan fingerprint density at radius 1 is 0.462 bits per heavy atom. The number of para-hydroxylation sites is 2. The minimum absolute atomic E-state index is 0.